The van der Waals surface area contributed by atoms with Gasteiger partial charge in [0.25, 0.3) is 0 Å². The maximum absolute atomic E-state index is 9.20. The number of pyridine rings is 1. The van der Waals surface area contributed by atoms with Crippen LogP contribution in [0.25, 0.3) is 0 Å². The van der Waals surface area contributed by atoms with Crippen LogP contribution in [0.15, 0.2) is 24.5 Å². The molecule has 0 bridgehead atoms. The van der Waals surface area contributed by atoms with Crippen molar-refractivity contribution in [2.75, 3.05) is 6.54 Å². The third-order valence-electron chi connectivity index (χ3n) is 2.29. The number of rotatable bonds is 6. The first-order valence-corrected chi connectivity index (χ1v) is 5.46. The molecular weight excluding hydrogens is 188 g/mol. The summed E-state index contributed by atoms with van der Waals surface area (Å²) in [6.45, 7) is 5.75. The number of aliphatic hydroxyl groups excluding tert-OH is 1. The first kappa shape index (κ1) is 12.1. The number of nitrogens with one attached hydrogen (secondary N) is 1. The van der Waals surface area contributed by atoms with Gasteiger partial charge in [0, 0.05) is 18.9 Å². The molecule has 1 rings (SSSR count). The van der Waals surface area contributed by atoms with E-state index in [1.807, 2.05) is 19.2 Å². The molecule has 2 unspecified atom stereocenters. The average Bonchev–Trinajstić information content (AvgIpc) is 2.18. The molecule has 0 aliphatic carbocycles. The topological polar surface area (TPSA) is 45.1 Å². The minimum absolute atomic E-state index is 0.208. The Bertz CT molecular complexity index is 262. The lowest BCUT2D eigenvalue weighted by molar-refractivity contribution is 0.163. The Hall–Kier alpha value is -0.930. The summed E-state index contributed by atoms with van der Waals surface area (Å²) in [5.74, 6) is 0.502. The van der Waals surface area contributed by atoms with Crippen LogP contribution in [0.2, 0.25) is 0 Å². The van der Waals surface area contributed by atoms with Crippen molar-refractivity contribution in [3.63, 3.8) is 0 Å². The molecule has 2 atom stereocenters. The van der Waals surface area contributed by atoms with Crippen LogP contribution in [0.3, 0.4) is 0 Å². The largest absolute Gasteiger partial charge is 0.393 e. The van der Waals surface area contributed by atoms with E-state index >= 15 is 0 Å². The van der Waals surface area contributed by atoms with Crippen molar-refractivity contribution in [1.29, 1.82) is 0 Å². The molecule has 3 heteroatoms. The lowest BCUT2D eigenvalue weighted by Crippen LogP contribution is -2.23. The van der Waals surface area contributed by atoms with Crippen molar-refractivity contribution in [2.24, 2.45) is 5.92 Å². The van der Waals surface area contributed by atoms with E-state index in [2.05, 4.69) is 23.3 Å². The Morgan fingerprint density at radius 3 is 2.87 bits per heavy atom. The standard InChI is InChI=1S/C12H20N2O/c1-10(6-11(2)15)7-14-9-12-4-3-5-13-8-12/h3-5,8,10-11,14-15H,6-7,9H2,1-2H3. The van der Waals surface area contributed by atoms with Crippen molar-refractivity contribution in [2.45, 2.75) is 32.9 Å². The van der Waals surface area contributed by atoms with Gasteiger partial charge in [-0.25, -0.2) is 0 Å². The van der Waals surface area contributed by atoms with E-state index in [1.54, 1.807) is 6.20 Å². The fraction of sp³-hybridized carbons (Fsp3) is 0.583. The second-order valence-electron chi connectivity index (χ2n) is 4.18. The number of nitrogens with zero attached hydrogens (tertiary/aromatic N) is 1. The number of hydrogen-bond donors (Lipinski definition) is 2. The van der Waals surface area contributed by atoms with Gasteiger partial charge in [-0.05, 0) is 37.4 Å². The lowest BCUT2D eigenvalue weighted by atomic mass is 10.0. The van der Waals surface area contributed by atoms with E-state index < -0.39 is 0 Å². The van der Waals surface area contributed by atoms with E-state index in [4.69, 9.17) is 0 Å². The van der Waals surface area contributed by atoms with Crippen molar-refractivity contribution in [3.05, 3.63) is 30.1 Å². The molecule has 0 saturated carbocycles. The van der Waals surface area contributed by atoms with Crippen LogP contribution in [0.4, 0.5) is 0 Å². The van der Waals surface area contributed by atoms with Crippen LogP contribution >= 0.6 is 0 Å². The fourth-order valence-electron chi connectivity index (χ4n) is 1.63. The van der Waals surface area contributed by atoms with E-state index in [-0.39, 0.29) is 6.10 Å². The van der Waals surface area contributed by atoms with E-state index in [0.717, 1.165) is 19.5 Å². The molecule has 2 N–H and O–H groups in total. The molecule has 1 aromatic rings. The smallest absolute Gasteiger partial charge is 0.0515 e. The SMILES string of the molecule is CC(O)CC(C)CNCc1cccnc1. The summed E-state index contributed by atoms with van der Waals surface area (Å²) in [5.41, 5.74) is 1.20. The van der Waals surface area contributed by atoms with Gasteiger partial charge < -0.3 is 10.4 Å². The Balaban J connectivity index is 2.16. The average molecular weight is 208 g/mol. The zero-order valence-corrected chi connectivity index (χ0v) is 9.48. The van der Waals surface area contributed by atoms with Crippen LogP contribution in [-0.4, -0.2) is 22.7 Å². The van der Waals surface area contributed by atoms with Crippen LogP contribution in [-0.2, 0) is 6.54 Å². The number of hydrogen-bond acceptors (Lipinski definition) is 3. The van der Waals surface area contributed by atoms with Crippen LogP contribution in [0.5, 0.6) is 0 Å². The molecule has 0 radical (unpaired) electrons. The first-order chi connectivity index (χ1) is 7.18. The van der Waals surface area contributed by atoms with Crippen molar-refractivity contribution < 1.29 is 5.11 Å². The quantitative estimate of drug-likeness (QED) is 0.746. The normalized spacial score (nSPS) is 14.9. The highest BCUT2D eigenvalue weighted by Crippen LogP contribution is 2.04. The van der Waals surface area contributed by atoms with E-state index in [0.29, 0.717) is 5.92 Å². The van der Waals surface area contributed by atoms with Gasteiger partial charge in [-0.15, -0.1) is 0 Å². The predicted octanol–water partition coefficient (Wildman–Crippen LogP) is 1.58. The molecule has 0 aliphatic heterocycles. The summed E-state index contributed by atoms with van der Waals surface area (Å²) in [4.78, 5) is 4.05. The maximum Gasteiger partial charge on any atom is 0.0515 e. The zero-order valence-electron chi connectivity index (χ0n) is 9.48. The number of aromatic nitrogens is 1. The maximum atomic E-state index is 9.20. The molecule has 0 aliphatic rings. The summed E-state index contributed by atoms with van der Waals surface area (Å²) in [6, 6.07) is 4.00. The third kappa shape index (κ3) is 5.50. The Kier molecular flexibility index (Phi) is 5.29. The Morgan fingerprint density at radius 1 is 1.47 bits per heavy atom. The van der Waals surface area contributed by atoms with Gasteiger partial charge in [0.2, 0.25) is 0 Å². The minimum Gasteiger partial charge on any atom is -0.393 e. The van der Waals surface area contributed by atoms with Crippen LogP contribution in [0.1, 0.15) is 25.8 Å². The predicted molar refractivity (Wildman–Crippen MR) is 61.4 cm³/mol. The van der Waals surface area contributed by atoms with Crippen molar-refractivity contribution in [1.82, 2.24) is 10.3 Å². The molecule has 3 nitrogen and oxygen atoms in total. The zero-order chi connectivity index (χ0) is 11.1. The molecule has 15 heavy (non-hydrogen) atoms. The highest BCUT2D eigenvalue weighted by molar-refractivity contribution is 5.07. The molecule has 0 fully saturated rings. The Labute approximate surface area is 91.5 Å². The lowest BCUT2D eigenvalue weighted by Gasteiger charge is -2.13. The van der Waals surface area contributed by atoms with E-state index in [1.165, 1.54) is 5.56 Å². The van der Waals surface area contributed by atoms with Crippen molar-refractivity contribution >= 4 is 0 Å². The molecule has 0 saturated heterocycles. The monoisotopic (exact) mass is 208 g/mol. The molecular formula is C12H20N2O. The van der Waals surface area contributed by atoms with Gasteiger partial charge in [0.1, 0.15) is 0 Å². The van der Waals surface area contributed by atoms with Gasteiger partial charge in [-0.2, -0.15) is 0 Å². The molecule has 0 spiro atoms. The molecule has 0 amide bonds. The minimum atomic E-state index is -0.208. The molecule has 0 aromatic carbocycles. The van der Waals surface area contributed by atoms with Gasteiger partial charge in [0.05, 0.1) is 6.10 Å². The molecule has 84 valence electrons. The summed E-state index contributed by atoms with van der Waals surface area (Å²) >= 11 is 0. The first-order valence-electron chi connectivity index (χ1n) is 5.46. The second kappa shape index (κ2) is 6.53. The van der Waals surface area contributed by atoms with Crippen LogP contribution in [0, 0.1) is 5.92 Å². The van der Waals surface area contributed by atoms with Crippen LogP contribution < -0.4 is 5.32 Å². The van der Waals surface area contributed by atoms with Gasteiger partial charge in [-0.3, -0.25) is 4.98 Å². The molecule has 1 heterocycles. The van der Waals surface area contributed by atoms with E-state index in [9.17, 15) is 5.11 Å². The summed E-state index contributed by atoms with van der Waals surface area (Å²) in [6.07, 6.45) is 4.28. The third-order valence-corrected chi connectivity index (χ3v) is 2.29. The van der Waals surface area contributed by atoms with Crippen molar-refractivity contribution in [3.8, 4) is 0 Å². The Morgan fingerprint density at radius 2 is 2.27 bits per heavy atom. The summed E-state index contributed by atoms with van der Waals surface area (Å²) in [7, 11) is 0. The van der Waals surface area contributed by atoms with Gasteiger partial charge in [0.15, 0.2) is 0 Å². The summed E-state index contributed by atoms with van der Waals surface area (Å²) < 4.78 is 0. The van der Waals surface area contributed by atoms with Gasteiger partial charge >= 0.3 is 0 Å². The fourth-order valence-corrected chi connectivity index (χ4v) is 1.63. The second-order valence-corrected chi connectivity index (χ2v) is 4.18. The van der Waals surface area contributed by atoms with Gasteiger partial charge in [-0.1, -0.05) is 13.0 Å². The molecule has 1 aromatic heterocycles. The highest BCUT2D eigenvalue weighted by Gasteiger charge is 2.05. The number of aliphatic hydroxyl groups is 1. The summed E-state index contributed by atoms with van der Waals surface area (Å²) in [5, 5.41) is 12.6. The highest BCUT2D eigenvalue weighted by atomic mass is 16.3.